The van der Waals surface area contributed by atoms with Crippen molar-refractivity contribution in [3.8, 4) is 0 Å². The molecule has 2 aromatic carbocycles. The van der Waals surface area contributed by atoms with Crippen LogP contribution in [0.25, 0.3) is 0 Å². The molecular formula is C19H21FN2O. The number of aryl methyl sites for hydroxylation is 1. The Kier molecular flexibility index (Phi) is 4.91. The summed E-state index contributed by atoms with van der Waals surface area (Å²) in [5.74, 6) is -0.235. The van der Waals surface area contributed by atoms with Gasteiger partial charge in [0.15, 0.2) is 0 Å². The van der Waals surface area contributed by atoms with E-state index in [1.807, 2.05) is 6.07 Å². The van der Waals surface area contributed by atoms with E-state index >= 15 is 0 Å². The number of nitrogens with zero attached hydrogens (tertiary/aromatic N) is 1. The number of anilines is 1. The maximum atomic E-state index is 12.8. The fourth-order valence-electron chi connectivity index (χ4n) is 2.97. The maximum Gasteiger partial charge on any atom is 0.222 e. The summed E-state index contributed by atoms with van der Waals surface area (Å²) in [6.07, 6.45) is 2.72. The van der Waals surface area contributed by atoms with Crippen molar-refractivity contribution in [2.24, 2.45) is 0 Å². The SMILES string of the molecule is O=C(CCN1CCCc2ccccc21)NCc1ccc(F)cc1. The van der Waals surface area contributed by atoms with Crippen molar-refractivity contribution in [2.45, 2.75) is 25.8 Å². The highest BCUT2D eigenvalue weighted by molar-refractivity contribution is 5.76. The third-order valence-electron chi connectivity index (χ3n) is 4.22. The van der Waals surface area contributed by atoms with Gasteiger partial charge in [0.1, 0.15) is 5.82 Å². The summed E-state index contributed by atoms with van der Waals surface area (Å²) in [4.78, 5) is 14.3. The van der Waals surface area contributed by atoms with Crippen LogP contribution in [-0.4, -0.2) is 19.0 Å². The van der Waals surface area contributed by atoms with E-state index in [2.05, 4.69) is 28.4 Å². The lowest BCUT2D eigenvalue weighted by molar-refractivity contribution is -0.121. The van der Waals surface area contributed by atoms with Crippen molar-refractivity contribution >= 4 is 11.6 Å². The summed E-state index contributed by atoms with van der Waals surface area (Å²) in [5.41, 5.74) is 3.53. The summed E-state index contributed by atoms with van der Waals surface area (Å²) in [7, 11) is 0. The van der Waals surface area contributed by atoms with Gasteiger partial charge in [0.25, 0.3) is 0 Å². The van der Waals surface area contributed by atoms with Crippen molar-refractivity contribution in [3.63, 3.8) is 0 Å². The molecule has 0 spiro atoms. The third-order valence-corrected chi connectivity index (χ3v) is 4.22. The Hall–Kier alpha value is -2.36. The fraction of sp³-hybridized carbons (Fsp3) is 0.316. The van der Waals surface area contributed by atoms with Gasteiger partial charge in [-0.2, -0.15) is 0 Å². The van der Waals surface area contributed by atoms with Gasteiger partial charge in [-0.05, 0) is 42.2 Å². The van der Waals surface area contributed by atoms with Crippen LogP contribution in [0.3, 0.4) is 0 Å². The first-order chi connectivity index (χ1) is 11.2. The molecule has 0 unspecified atom stereocenters. The summed E-state index contributed by atoms with van der Waals surface area (Å²) >= 11 is 0. The molecule has 0 saturated heterocycles. The summed E-state index contributed by atoms with van der Waals surface area (Å²) in [5, 5.41) is 2.89. The van der Waals surface area contributed by atoms with Gasteiger partial charge in [-0.3, -0.25) is 4.79 Å². The Labute approximate surface area is 136 Å². The molecule has 1 aliphatic heterocycles. The lowest BCUT2D eigenvalue weighted by Crippen LogP contribution is -2.34. The number of carbonyl (C=O) groups excluding carboxylic acids is 1. The average Bonchev–Trinajstić information content (AvgIpc) is 2.59. The third kappa shape index (κ3) is 4.09. The first-order valence-corrected chi connectivity index (χ1v) is 8.06. The molecule has 1 N–H and O–H groups in total. The van der Waals surface area contributed by atoms with Crippen LogP contribution in [0.15, 0.2) is 48.5 Å². The first-order valence-electron chi connectivity index (χ1n) is 8.06. The van der Waals surface area contributed by atoms with Crippen LogP contribution in [0.1, 0.15) is 24.0 Å². The second kappa shape index (κ2) is 7.27. The van der Waals surface area contributed by atoms with Gasteiger partial charge in [0, 0.05) is 31.7 Å². The number of nitrogens with one attached hydrogen (secondary N) is 1. The molecule has 0 fully saturated rings. The number of benzene rings is 2. The van der Waals surface area contributed by atoms with Gasteiger partial charge < -0.3 is 10.2 Å². The summed E-state index contributed by atoms with van der Waals surface area (Å²) < 4.78 is 12.8. The molecule has 0 radical (unpaired) electrons. The van der Waals surface area contributed by atoms with Crippen LogP contribution >= 0.6 is 0 Å². The quantitative estimate of drug-likeness (QED) is 0.919. The van der Waals surface area contributed by atoms with Crippen molar-refractivity contribution in [3.05, 3.63) is 65.5 Å². The van der Waals surface area contributed by atoms with Gasteiger partial charge >= 0.3 is 0 Å². The Morgan fingerprint density at radius 1 is 1.13 bits per heavy atom. The van der Waals surface area contributed by atoms with E-state index in [1.165, 1.54) is 23.4 Å². The molecule has 2 aromatic rings. The zero-order chi connectivity index (χ0) is 16.1. The second-order valence-electron chi connectivity index (χ2n) is 5.87. The van der Waals surface area contributed by atoms with Gasteiger partial charge in [-0.25, -0.2) is 4.39 Å². The van der Waals surface area contributed by atoms with Crippen LogP contribution in [0.2, 0.25) is 0 Å². The molecular weight excluding hydrogens is 291 g/mol. The van der Waals surface area contributed by atoms with Gasteiger partial charge in [-0.1, -0.05) is 30.3 Å². The van der Waals surface area contributed by atoms with Crippen molar-refractivity contribution in [1.29, 1.82) is 0 Å². The molecule has 23 heavy (non-hydrogen) atoms. The van der Waals surface area contributed by atoms with E-state index in [9.17, 15) is 9.18 Å². The number of halogens is 1. The molecule has 0 saturated carbocycles. The minimum Gasteiger partial charge on any atom is -0.371 e. The van der Waals surface area contributed by atoms with Crippen LogP contribution in [0, 0.1) is 5.82 Å². The number of carbonyl (C=O) groups is 1. The van der Waals surface area contributed by atoms with Gasteiger partial charge in [0.2, 0.25) is 5.91 Å². The Morgan fingerprint density at radius 2 is 1.91 bits per heavy atom. The predicted octanol–water partition coefficient (Wildman–Crippen LogP) is 3.28. The summed E-state index contributed by atoms with van der Waals surface area (Å²) in [6, 6.07) is 14.6. The Bertz CT molecular complexity index is 669. The zero-order valence-electron chi connectivity index (χ0n) is 13.1. The first kappa shape index (κ1) is 15.5. The molecule has 1 heterocycles. The monoisotopic (exact) mass is 312 g/mol. The second-order valence-corrected chi connectivity index (χ2v) is 5.87. The number of fused-ring (bicyclic) bond motifs is 1. The highest BCUT2D eigenvalue weighted by Gasteiger charge is 2.16. The molecule has 0 atom stereocenters. The normalized spacial score (nSPS) is 13.5. The van der Waals surface area contributed by atoms with Crippen molar-refractivity contribution in [1.82, 2.24) is 5.32 Å². The van der Waals surface area contributed by atoms with Crippen molar-refractivity contribution in [2.75, 3.05) is 18.0 Å². The minimum atomic E-state index is -0.260. The van der Waals surface area contributed by atoms with E-state index < -0.39 is 0 Å². The minimum absolute atomic E-state index is 0.0254. The molecule has 4 heteroatoms. The van der Waals surface area contributed by atoms with E-state index in [1.54, 1.807) is 12.1 Å². The summed E-state index contributed by atoms with van der Waals surface area (Å²) in [6.45, 7) is 2.17. The largest absolute Gasteiger partial charge is 0.371 e. The topological polar surface area (TPSA) is 32.3 Å². The lowest BCUT2D eigenvalue weighted by atomic mass is 10.0. The van der Waals surface area contributed by atoms with E-state index in [0.29, 0.717) is 13.0 Å². The van der Waals surface area contributed by atoms with Gasteiger partial charge in [-0.15, -0.1) is 0 Å². The number of hydrogen-bond donors (Lipinski definition) is 1. The van der Waals surface area contributed by atoms with E-state index in [4.69, 9.17) is 0 Å². The molecule has 3 rings (SSSR count). The van der Waals surface area contributed by atoms with Crippen molar-refractivity contribution < 1.29 is 9.18 Å². The number of hydrogen-bond acceptors (Lipinski definition) is 2. The molecule has 1 aliphatic rings. The Morgan fingerprint density at radius 3 is 2.74 bits per heavy atom. The number of amides is 1. The number of rotatable bonds is 5. The highest BCUT2D eigenvalue weighted by Crippen LogP contribution is 2.26. The van der Waals surface area contributed by atoms with E-state index in [0.717, 1.165) is 31.5 Å². The van der Waals surface area contributed by atoms with Crippen LogP contribution in [0.5, 0.6) is 0 Å². The molecule has 0 aromatic heterocycles. The number of para-hydroxylation sites is 1. The van der Waals surface area contributed by atoms with Crippen LogP contribution in [-0.2, 0) is 17.8 Å². The molecule has 1 amide bonds. The predicted molar refractivity (Wildman–Crippen MR) is 89.8 cm³/mol. The lowest BCUT2D eigenvalue weighted by Gasteiger charge is -2.31. The average molecular weight is 312 g/mol. The molecule has 0 aliphatic carbocycles. The van der Waals surface area contributed by atoms with E-state index in [-0.39, 0.29) is 11.7 Å². The molecule has 0 bridgehead atoms. The molecule has 120 valence electrons. The van der Waals surface area contributed by atoms with Gasteiger partial charge in [0.05, 0.1) is 0 Å². The Balaban J connectivity index is 1.49. The standard InChI is InChI=1S/C19H21FN2O/c20-17-9-7-15(8-10-17)14-21-19(23)11-13-22-12-3-5-16-4-1-2-6-18(16)22/h1-2,4,6-10H,3,5,11-14H2,(H,21,23). The van der Waals surface area contributed by atoms with Crippen LogP contribution in [0.4, 0.5) is 10.1 Å². The zero-order valence-corrected chi connectivity index (χ0v) is 13.1. The highest BCUT2D eigenvalue weighted by atomic mass is 19.1. The van der Waals surface area contributed by atoms with Crippen LogP contribution < -0.4 is 10.2 Å². The molecule has 3 nitrogen and oxygen atoms in total. The maximum absolute atomic E-state index is 12.8. The fourth-order valence-corrected chi connectivity index (χ4v) is 2.97. The smallest absolute Gasteiger partial charge is 0.222 e.